The average molecular weight is 352 g/mol. The summed E-state index contributed by atoms with van der Waals surface area (Å²) in [5, 5.41) is 9.96. The highest BCUT2D eigenvalue weighted by atomic mass is 32.2. The monoisotopic (exact) mass is 352 g/mol. The summed E-state index contributed by atoms with van der Waals surface area (Å²) in [6, 6.07) is 9.68. The maximum absolute atomic E-state index is 9.30. The minimum atomic E-state index is 0.509. The van der Waals surface area contributed by atoms with E-state index in [9.17, 15) is 5.26 Å². The maximum Gasteiger partial charge on any atom is 0.226 e. The Bertz CT molecular complexity index is 929. The van der Waals surface area contributed by atoms with Crippen LogP contribution in [0.15, 0.2) is 40.0 Å². The van der Waals surface area contributed by atoms with Crippen molar-refractivity contribution in [3.05, 3.63) is 53.3 Å². The van der Waals surface area contributed by atoms with E-state index in [1.165, 1.54) is 11.8 Å². The van der Waals surface area contributed by atoms with Crippen LogP contribution in [-0.2, 0) is 5.75 Å². The molecule has 1 aromatic carbocycles. The number of oxazole rings is 1. The summed E-state index contributed by atoms with van der Waals surface area (Å²) in [4.78, 5) is 13.1. The first-order valence-corrected chi connectivity index (χ1v) is 8.56. The molecule has 0 radical (unpaired) electrons. The Kier molecular flexibility index (Phi) is 5.00. The van der Waals surface area contributed by atoms with Gasteiger partial charge >= 0.3 is 0 Å². The molecule has 7 heteroatoms. The van der Waals surface area contributed by atoms with Gasteiger partial charge in [0, 0.05) is 11.3 Å². The van der Waals surface area contributed by atoms with Gasteiger partial charge in [-0.1, -0.05) is 11.8 Å². The molecule has 3 rings (SSSR count). The third-order valence-corrected chi connectivity index (χ3v) is 4.53. The Morgan fingerprint density at radius 3 is 2.60 bits per heavy atom. The van der Waals surface area contributed by atoms with E-state index in [0.29, 0.717) is 33.8 Å². The van der Waals surface area contributed by atoms with E-state index in [-0.39, 0.29) is 0 Å². The van der Waals surface area contributed by atoms with Crippen molar-refractivity contribution in [1.29, 1.82) is 5.26 Å². The molecule has 0 saturated carbocycles. The second-order valence-electron chi connectivity index (χ2n) is 5.31. The number of ether oxygens (including phenoxy) is 1. The third kappa shape index (κ3) is 3.80. The van der Waals surface area contributed by atoms with Crippen LogP contribution in [0.2, 0.25) is 0 Å². The van der Waals surface area contributed by atoms with Crippen LogP contribution in [0.1, 0.15) is 22.8 Å². The standard InChI is InChI=1S/C18H16N4O2S/c1-11-16(8-19)18(21-12(2)20-11)25-10-14-9-24-17(22-14)13-4-6-15(23-3)7-5-13/h4-7,9H,10H2,1-3H3. The molecule has 0 bridgehead atoms. The normalized spacial score (nSPS) is 10.5. The highest BCUT2D eigenvalue weighted by Gasteiger charge is 2.13. The predicted molar refractivity (Wildman–Crippen MR) is 94.3 cm³/mol. The maximum atomic E-state index is 9.30. The first kappa shape index (κ1) is 17.0. The Morgan fingerprint density at radius 1 is 1.16 bits per heavy atom. The van der Waals surface area contributed by atoms with Gasteiger partial charge in [-0.15, -0.1) is 0 Å². The minimum absolute atomic E-state index is 0.509. The fourth-order valence-corrected chi connectivity index (χ4v) is 3.25. The second kappa shape index (κ2) is 7.36. The SMILES string of the molecule is COc1ccc(-c2nc(CSc3nc(C)nc(C)c3C#N)co2)cc1. The molecule has 126 valence electrons. The molecule has 6 nitrogen and oxygen atoms in total. The van der Waals surface area contributed by atoms with Crippen molar-refractivity contribution < 1.29 is 9.15 Å². The fraction of sp³-hybridized carbons (Fsp3) is 0.222. The van der Waals surface area contributed by atoms with Crippen molar-refractivity contribution in [3.8, 4) is 23.3 Å². The minimum Gasteiger partial charge on any atom is -0.497 e. The van der Waals surface area contributed by atoms with Crippen molar-refractivity contribution in [2.24, 2.45) is 0 Å². The molecular weight excluding hydrogens is 336 g/mol. The van der Waals surface area contributed by atoms with Crippen LogP contribution >= 0.6 is 11.8 Å². The van der Waals surface area contributed by atoms with Gasteiger partial charge in [0.05, 0.1) is 18.5 Å². The number of hydrogen-bond acceptors (Lipinski definition) is 7. The summed E-state index contributed by atoms with van der Waals surface area (Å²) in [7, 11) is 1.63. The quantitative estimate of drug-likeness (QED) is 0.508. The smallest absolute Gasteiger partial charge is 0.226 e. The van der Waals surface area contributed by atoms with Crippen molar-refractivity contribution in [1.82, 2.24) is 15.0 Å². The molecule has 2 aromatic heterocycles. The second-order valence-corrected chi connectivity index (χ2v) is 6.27. The Morgan fingerprint density at radius 2 is 1.92 bits per heavy atom. The summed E-state index contributed by atoms with van der Waals surface area (Å²) in [5.74, 6) is 2.54. The van der Waals surface area contributed by atoms with E-state index in [0.717, 1.165) is 17.0 Å². The molecule has 0 fully saturated rings. The zero-order valence-electron chi connectivity index (χ0n) is 14.1. The van der Waals surface area contributed by atoms with Gasteiger partial charge in [-0.3, -0.25) is 0 Å². The Labute approximate surface area is 149 Å². The lowest BCUT2D eigenvalue weighted by Gasteiger charge is -2.05. The topological polar surface area (TPSA) is 84.8 Å². The number of aryl methyl sites for hydroxylation is 2. The summed E-state index contributed by atoms with van der Waals surface area (Å²) in [6.45, 7) is 3.63. The largest absolute Gasteiger partial charge is 0.497 e. The van der Waals surface area contributed by atoms with Crippen LogP contribution < -0.4 is 4.74 Å². The van der Waals surface area contributed by atoms with Crippen LogP contribution in [0.25, 0.3) is 11.5 Å². The first-order chi connectivity index (χ1) is 12.1. The number of methoxy groups -OCH3 is 1. The molecule has 0 atom stereocenters. The van der Waals surface area contributed by atoms with Gasteiger partial charge in [0.25, 0.3) is 0 Å². The molecular formula is C18H16N4O2S. The number of nitrogens with zero attached hydrogens (tertiary/aromatic N) is 4. The Balaban J connectivity index is 1.75. The summed E-state index contributed by atoms with van der Waals surface area (Å²) in [5.41, 5.74) is 2.86. The first-order valence-electron chi connectivity index (χ1n) is 7.57. The predicted octanol–water partition coefficient (Wildman–Crippen LogP) is 3.92. The summed E-state index contributed by atoms with van der Waals surface area (Å²) in [6.07, 6.45) is 1.62. The van der Waals surface area contributed by atoms with Crippen molar-refractivity contribution in [3.63, 3.8) is 0 Å². The van der Waals surface area contributed by atoms with E-state index >= 15 is 0 Å². The Hall–Kier alpha value is -2.85. The highest BCUT2D eigenvalue weighted by Crippen LogP contribution is 2.27. The van der Waals surface area contributed by atoms with Crippen LogP contribution in [-0.4, -0.2) is 22.1 Å². The molecule has 0 aliphatic rings. The molecule has 3 aromatic rings. The lowest BCUT2D eigenvalue weighted by molar-refractivity contribution is 0.415. The van der Waals surface area contributed by atoms with Crippen molar-refractivity contribution >= 4 is 11.8 Å². The van der Waals surface area contributed by atoms with E-state index in [1.54, 1.807) is 13.4 Å². The number of aromatic nitrogens is 3. The van der Waals surface area contributed by atoms with Crippen LogP contribution in [0, 0.1) is 25.2 Å². The fourth-order valence-electron chi connectivity index (χ4n) is 2.30. The number of thioether (sulfide) groups is 1. The van der Waals surface area contributed by atoms with Gasteiger partial charge in [0.15, 0.2) is 0 Å². The summed E-state index contributed by atoms with van der Waals surface area (Å²) < 4.78 is 10.7. The van der Waals surface area contributed by atoms with E-state index in [1.807, 2.05) is 38.1 Å². The number of rotatable bonds is 5. The van der Waals surface area contributed by atoms with Gasteiger partial charge in [-0.2, -0.15) is 5.26 Å². The highest BCUT2D eigenvalue weighted by molar-refractivity contribution is 7.98. The van der Waals surface area contributed by atoms with Crippen LogP contribution in [0.3, 0.4) is 0 Å². The molecule has 0 unspecified atom stereocenters. The van der Waals surface area contributed by atoms with E-state index in [4.69, 9.17) is 9.15 Å². The van der Waals surface area contributed by atoms with Crippen LogP contribution in [0.5, 0.6) is 5.75 Å². The lowest BCUT2D eigenvalue weighted by Crippen LogP contribution is -1.99. The van der Waals surface area contributed by atoms with Gasteiger partial charge in [-0.05, 0) is 38.1 Å². The zero-order chi connectivity index (χ0) is 17.8. The molecule has 0 saturated heterocycles. The zero-order valence-corrected chi connectivity index (χ0v) is 14.9. The van der Waals surface area contributed by atoms with Gasteiger partial charge in [0.2, 0.25) is 5.89 Å². The van der Waals surface area contributed by atoms with Gasteiger partial charge in [0.1, 0.15) is 34.5 Å². The molecule has 2 heterocycles. The molecule has 0 aliphatic carbocycles. The average Bonchev–Trinajstić information content (AvgIpc) is 3.08. The van der Waals surface area contributed by atoms with Gasteiger partial charge in [-0.25, -0.2) is 15.0 Å². The van der Waals surface area contributed by atoms with Gasteiger partial charge < -0.3 is 9.15 Å². The van der Waals surface area contributed by atoms with E-state index in [2.05, 4.69) is 21.0 Å². The van der Waals surface area contributed by atoms with Crippen molar-refractivity contribution in [2.75, 3.05) is 7.11 Å². The molecule has 0 N–H and O–H groups in total. The number of nitriles is 1. The number of benzene rings is 1. The third-order valence-electron chi connectivity index (χ3n) is 3.53. The lowest BCUT2D eigenvalue weighted by atomic mass is 10.2. The van der Waals surface area contributed by atoms with Crippen molar-refractivity contribution in [2.45, 2.75) is 24.6 Å². The van der Waals surface area contributed by atoms with E-state index < -0.39 is 0 Å². The molecule has 25 heavy (non-hydrogen) atoms. The molecule has 0 aliphatic heterocycles. The summed E-state index contributed by atoms with van der Waals surface area (Å²) >= 11 is 1.45. The molecule has 0 spiro atoms. The van der Waals surface area contributed by atoms with Crippen LogP contribution in [0.4, 0.5) is 0 Å². The number of hydrogen-bond donors (Lipinski definition) is 0. The molecule has 0 amide bonds.